The minimum atomic E-state index is -0.784. The maximum atomic E-state index is 12.2. The van der Waals surface area contributed by atoms with Crippen molar-refractivity contribution in [3.05, 3.63) is 22.6 Å². The van der Waals surface area contributed by atoms with E-state index in [4.69, 9.17) is 9.52 Å². The van der Waals surface area contributed by atoms with Gasteiger partial charge >= 0.3 is 5.97 Å². The number of rotatable bonds is 2. The lowest BCUT2D eigenvalue weighted by Crippen LogP contribution is -2.45. The van der Waals surface area contributed by atoms with Crippen molar-refractivity contribution in [1.82, 2.24) is 4.90 Å². The molecule has 6 heteroatoms. The van der Waals surface area contributed by atoms with Crippen LogP contribution in [0.2, 0.25) is 0 Å². The fraction of sp³-hybridized carbons (Fsp3) is 0.500. The number of carbonyl (C=O) groups is 2. The van der Waals surface area contributed by atoms with Gasteiger partial charge in [-0.15, -0.1) is 0 Å². The Hall–Kier alpha value is -1.30. The van der Waals surface area contributed by atoms with E-state index in [0.29, 0.717) is 24.0 Å². The minimum absolute atomic E-state index is 0.0473. The number of piperidine rings is 1. The van der Waals surface area contributed by atoms with Gasteiger partial charge in [0.05, 0.1) is 16.7 Å². The summed E-state index contributed by atoms with van der Waals surface area (Å²) in [4.78, 5) is 24.8. The van der Waals surface area contributed by atoms with E-state index < -0.39 is 5.97 Å². The van der Waals surface area contributed by atoms with Gasteiger partial charge in [-0.25, -0.2) is 0 Å². The molecule has 1 aliphatic rings. The van der Waals surface area contributed by atoms with Gasteiger partial charge in [0, 0.05) is 13.1 Å². The third-order valence-electron chi connectivity index (χ3n) is 3.32. The van der Waals surface area contributed by atoms with Crippen LogP contribution in [0.15, 0.2) is 21.2 Å². The molecule has 2 heterocycles. The van der Waals surface area contributed by atoms with Crippen LogP contribution in [0, 0.1) is 11.8 Å². The van der Waals surface area contributed by atoms with Gasteiger partial charge < -0.3 is 14.4 Å². The molecular weight excluding hydrogens is 302 g/mol. The molecule has 0 aromatic carbocycles. The van der Waals surface area contributed by atoms with Crippen LogP contribution in [0.5, 0.6) is 0 Å². The molecule has 18 heavy (non-hydrogen) atoms. The Balaban J connectivity index is 2.07. The first-order chi connectivity index (χ1) is 8.50. The van der Waals surface area contributed by atoms with E-state index in [0.717, 1.165) is 0 Å². The predicted octanol–water partition coefficient (Wildman–Crippen LogP) is 2.22. The van der Waals surface area contributed by atoms with Crippen molar-refractivity contribution in [3.63, 3.8) is 0 Å². The van der Waals surface area contributed by atoms with Gasteiger partial charge in [-0.2, -0.15) is 0 Å². The van der Waals surface area contributed by atoms with Gasteiger partial charge in [0.15, 0.2) is 0 Å². The number of amides is 1. The highest BCUT2D eigenvalue weighted by Crippen LogP contribution is 2.26. The average molecular weight is 316 g/mol. The Morgan fingerprint density at radius 1 is 1.56 bits per heavy atom. The average Bonchev–Trinajstić information content (AvgIpc) is 2.74. The lowest BCUT2D eigenvalue weighted by atomic mass is 9.87. The predicted molar refractivity (Wildman–Crippen MR) is 67.2 cm³/mol. The zero-order valence-electron chi connectivity index (χ0n) is 9.93. The second-order valence-electron chi connectivity index (χ2n) is 4.56. The van der Waals surface area contributed by atoms with Crippen LogP contribution in [0.1, 0.15) is 23.9 Å². The third-order valence-corrected chi connectivity index (χ3v) is 3.95. The molecule has 1 aliphatic heterocycles. The molecule has 0 radical (unpaired) electrons. The van der Waals surface area contributed by atoms with E-state index in [1.54, 1.807) is 11.0 Å². The number of hydrogen-bond donors (Lipinski definition) is 1. The van der Waals surface area contributed by atoms with Crippen molar-refractivity contribution in [1.29, 1.82) is 0 Å². The van der Waals surface area contributed by atoms with Crippen molar-refractivity contribution in [2.45, 2.75) is 13.3 Å². The molecule has 2 unspecified atom stereocenters. The monoisotopic (exact) mass is 315 g/mol. The molecular formula is C12H14BrNO4. The second kappa shape index (κ2) is 5.14. The number of carboxylic acid groups (broad SMARTS) is 1. The Morgan fingerprint density at radius 2 is 2.28 bits per heavy atom. The van der Waals surface area contributed by atoms with Crippen LogP contribution in [-0.2, 0) is 4.79 Å². The number of hydrogen-bond acceptors (Lipinski definition) is 3. The topological polar surface area (TPSA) is 70.8 Å². The molecule has 1 amide bonds. The number of aliphatic carboxylic acids is 1. The van der Waals surface area contributed by atoms with Crippen LogP contribution in [-0.4, -0.2) is 35.0 Å². The molecule has 0 saturated carbocycles. The Labute approximate surface area is 113 Å². The van der Waals surface area contributed by atoms with E-state index >= 15 is 0 Å². The van der Waals surface area contributed by atoms with Crippen molar-refractivity contribution in [2.75, 3.05) is 13.1 Å². The molecule has 1 N–H and O–H groups in total. The van der Waals surface area contributed by atoms with Crippen LogP contribution in [0.25, 0.3) is 0 Å². The normalized spacial score (nSPS) is 24.0. The van der Waals surface area contributed by atoms with Crippen molar-refractivity contribution in [2.24, 2.45) is 11.8 Å². The number of nitrogens with zero attached hydrogens (tertiary/aromatic N) is 1. The van der Waals surface area contributed by atoms with Gasteiger partial charge in [-0.05, 0) is 34.3 Å². The largest absolute Gasteiger partial charge is 0.481 e. The highest BCUT2D eigenvalue weighted by Gasteiger charge is 2.34. The van der Waals surface area contributed by atoms with Gasteiger partial charge in [0.2, 0.25) is 5.76 Å². The summed E-state index contributed by atoms with van der Waals surface area (Å²) >= 11 is 3.25. The summed E-state index contributed by atoms with van der Waals surface area (Å²) in [6.45, 7) is 2.76. The lowest BCUT2D eigenvalue weighted by molar-refractivity contribution is -0.145. The standard InChI is InChI=1S/C12H14BrNO4/c1-7-6-14(4-2-8(7)12(16)17)11(15)10-9(13)3-5-18-10/h3,5,7-8H,2,4,6H2,1H3,(H,16,17). The van der Waals surface area contributed by atoms with E-state index in [1.807, 2.05) is 6.92 Å². The van der Waals surface area contributed by atoms with Gasteiger partial charge in [-0.3, -0.25) is 9.59 Å². The smallest absolute Gasteiger partial charge is 0.306 e. The summed E-state index contributed by atoms with van der Waals surface area (Å²) in [5.74, 6) is -1.12. The van der Waals surface area contributed by atoms with Crippen LogP contribution < -0.4 is 0 Å². The van der Waals surface area contributed by atoms with Crippen molar-refractivity contribution in [3.8, 4) is 0 Å². The van der Waals surface area contributed by atoms with Gasteiger partial charge in [0.25, 0.3) is 5.91 Å². The first kappa shape index (κ1) is 13.1. The summed E-state index contributed by atoms with van der Waals surface area (Å²) in [5.41, 5.74) is 0. The number of halogens is 1. The molecule has 1 aromatic rings. The number of furan rings is 1. The molecule has 1 saturated heterocycles. The number of likely N-dealkylation sites (tertiary alicyclic amines) is 1. The Morgan fingerprint density at radius 3 is 2.78 bits per heavy atom. The minimum Gasteiger partial charge on any atom is -0.481 e. The molecule has 2 rings (SSSR count). The number of carboxylic acids is 1. The van der Waals surface area contributed by atoms with E-state index in [-0.39, 0.29) is 23.5 Å². The van der Waals surface area contributed by atoms with Crippen molar-refractivity contribution < 1.29 is 19.1 Å². The second-order valence-corrected chi connectivity index (χ2v) is 5.41. The zero-order chi connectivity index (χ0) is 13.3. The SMILES string of the molecule is CC1CN(C(=O)c2occc2Br)CCC1C(=O)O. The van der Waals surface area contributed by atoms with Crippen LogP contribution in [0.3, 0.4) is 0 Å². The fourth-order valence-corrected chi connectivity index (χ4v) is 2.66. The molecule has 0 spiro atoms. The molecule has 0 aliphatic carbocycles. The molecule has 0 bridgehead atoms. The number of carbonyl (C=O) groups excluding carboxylic acids is 1. The van der Waals surface area contributed by atoms with Crippen LogP contribution >= 0.6 is 15.9 Å². The van der Waals surface area contributed by atoms with Crippen LogP contribution in [0.4, 0.5) is 0 Å². The summed E-state index contributed by atoms with van der Waals surface area (Å²) in [6, 6.07) is 1.67. The molecule has 1 fully saturated rings. The first-order valence-electron chi connectivity index (χ1n) is 5.75. The summed E-state index contributed by atoms with van der Waals surface area (Å²) in [6.07, 6.45) is 1.94. The summed E-state index contributed by atoms with van der Waals surface area (Å²) in [5, 5.41) is 9.03. The van der Waals surface area contributed by atoms with Crippen molar-refractivity contribution >= 4 is 27.8 Å². The third kappa shape index (κ3) is 2.43. The summed E-state index contributed by atoms with van der Waals surface area (Å²) < 4.78 is 5.76. The quantitative estimate of drug-likeness (QED) is 0.908. The maximum absolute atomic E-state index is 12.2. The van der Waals surface area contributed by atoms with E-state index in [2.05, 4.69) is 15.9 Å². The van der Waals surface area contributed by atoms with Gasteiger partial charge in [0.1, 0.15) is 0 Å². The van der Waals surface area contributed by atoms with E-state index in [1.165, 1.54) is 6.26 Å². The summed E-state index contributed by atoms with van der Waals surface area (Å²) in [7, 11) is 0. The van der Waals surface area contributed by atoms with Gasteiger partial charge in [-0.1, -0.05) is 6.92 Å². The highest BCUT2D eigenvalue weighted by atomic mass is 79.9. The highest BCUT2D eigenvalue weighted by molar-refractivity contribution is 9.10. The molecule has 98 valence electrons. The molecule has 1 aromatic heterocycles. The Kier molecular flexibility index (Phi) is 3.75. The Bertz CT molecular complexity index is 470. The lowest BCUT2D eigenvalue weighted by Gasteiger charge is -2.34. The maximum Gasteiger partial charge on any atom is 0.306 e. The van der Waals surface area contributed by atoms with E-state index in [9.17, 15) is 9.59 Å². The first-order valence-corrected chi connectivity index (χ1v) is 6.55. The fourth-order valence-electron chi connectivity index (χ4n) is 2.29. The molecule has 5 nitrogen and oxygen atoms in total. The zero-order valence-corrected chi connectivity index (χ0v) is 11.5. The molecule has 2 atom stereocenters.